The van der Waals surface area contributed by atoms with Crippen LogP contribution >= 0.6 is 27.5 Å². The Labute approximate surface area is 120 Å². The number of nitrogens with one attached hydrogen (secondary N) is 1. The van der Waals surface area contributed by atoms with E-state index in [2.05, 4.69) is 21.2 Å². The lowest BCUT2D eigenvalue weighted by Crippen LogP contribution is -2.47. The van der Waals surface area contributed by atoms with Crippen LogP contribution in [0.4, 0.5) is 5.69 Å². The number of hydrogen-bond acceptors (Lipinski definition) is 2. The van der Waals surface area contributed by atoms with Crippen molar-refractivity contribution in [3.8, 4) is 0 Å². The van der Waals surface area contributed by atoms with Gasteiger partial charge in [0.25, 0.3) is 0 Å². The van der Waals surface area contributed by atoms with Crippen LogP contribution in [0.2, 0.25) is 5.02 Å². The fraction of sp³-hybridized carbons (Fsp3) is 0.462. The molecule has 1 saturated carbocycles. The van der Waals surface area contributed by atoms with Gasteiger partial charge in [0, 0.05) is 10.2 Å². The minimum Gasteiger partial charge on any atom is -0.480 e. The van der Waals surface area contributed by atoms with Crippen LogP contribution in [0.3, 0.4) is 0 Å². The Kier molecular flexibility index (Phi) is 4.17. The number of halogens is 2. The number of carbonyl (C=O) groups is 1. The van der Waals surface area contributed by atoms with Gasteiger partial charge in [0.05, 0.1) is 5.02 Å². The molecule has 5 heteroatoms. The Bertz CT molecular complexity index is 458. The van der Waals surface area contributed by atoms with E-state index >= 15 is 0 Å². The van der Waals surface area contributed by atoms with E-state index in [0.29, 0.717) is 17.9 Å². The summed E-state index contributed by atoms with van der Waals surface area (Å²) in [4.78, 5) is 11.5. The van der Waals surface area contributed by atoms with Crippen LogP contribution in [0.25, 0.3) is 0 Å². The second-order valence-electron chi connectivity index (χ2n) is 4.70. The number of carboxylic acid groups (broad SMARTS) is 1. The Balaban J connectivity index is 2.23. The first-order valence-electron chi connectivity index (χ1n) is 6.00. The molecule has 0 aromatic heterocycles. The van der Waals surface area contributed by atoms with E-state index in [4.69, 9.17) is 11.6 Å². The first-order chi connectivity index (χ1) is 8.53. The molecule has 1 aliphatic carbocycles. The van der Waals surface area contributed by atoms with Crippen LogP contribution in [0.15, 0.2) is 22.7 Å². The molecule has 18 heavy (non-hydrogen) atoms. The highest BCUT2D eigenvalue weighted by Gasteiger charge is 2.39. The molecule has 0 heterocycles. The van der Waals surface area contributed by atoms with Gasteiger partial charge in [-0.2, -0.15) is 0 Å². The van der Waals surface area contributed by atoms with Crippen molar-refractivity contribution in [3.63, 3.8) is 0 Å². The van der Waals surface area contributed by atoms with E-state index in [1.807, 2.05) is 12.1 Å². The summed E-state index contributed by atoms with van der Waals surface area (Å²) in [5.74, 6) is -0.770. The number of hydrogen-bond donors (Lipinski definition) is 2. The lowest BCUT2D eigenvalue weighted by molar-refractivity contribution is -0.143. The van der Waals surface area contributed by atoms with Crippen molar-refractivity contribution in [2.24, 2.45) is 0 Å². The van der Waals surface area contributed by atoms with E-state index in [-0.39, 0.29) is 0 Å². The monoisotopic (exact) mass is 331 g/mol. The molecule has 0 bridgehead atoms. The fourth-order valence-electron chi connectivity index (χ4n) is 2.40. The van der Waals surface area contributed by atoms with Crippen LogP contribution in [0.5, 0.6) is 0 Å². The Morgan fingerprint density at radius 1 is 1.33 bits per heavy atom. The maximum Gasteiger partial charge on any atom is 0.329 e. The molecular weight excluding hydrogens is 318 g/mol. The molecule has 1 fully saturated rings. The molecule has 2 rings (SSSR count). The molecule has 1 aliphatic rings. The van der Waals surface area contributed by atoms with Gasteiger partial charge in [0.15, 0.2) is 0 Å². The first-order valence-corrected chi connectivity index (χ1v) is 7.17. The third-order valence-electron chi connectivity index (χ3n) is 3.42. The van der Waals surface area contributed by atoms with E-state index in [1.54, 1.807) is 6.07 Å². The third-order valence-corrected chi connectivity index (χ3v) is 4.63. The lowest BCUT2D eigenvalue weighted by atomic mass is 9.81. The molecular formula is C13H15BrClNO2. The van der Waals surface area contributed by atoms with Gasteiger partial charge in [0.1, 0.15) is 5.54 Å². The highest BCUT2D eigenvalue weighted by Crippen LogP contribution is 2.34. The van der Waals surface area contributed by atoms with Crippen molar-refractivity contribution in [2.75, 3.05) is 5.32 Å². The van der Waals surface area contributed by atoms with Gasteiger partial charge in [-0.25, -0.2) is 4.79 Å². The minimum absolute atomic E-state index is 0.619. The quantitative estimate of drug-likeness (QED) is 0.867. The molecule has 0 radical (unpaired) electrons. The summed E-state index contributed by atoms with van der Waals surface area (Å²) >= 11 is 9.28. The van der Waals surface area contributed by atoms with Crippen molar-refractivity contribution in [3.05, 3.63) is 27.7 Å². The van der Waals surface area contributed by atoms with Crippen molar-refractivity contribution in [1.82, 2.24) is 0 Å². The minimum atomic E-state index is -0.828. The Morgan fingerprint density at radius 3 is 2.56 bits per heavy atom. The first kappa shape index (κ1) is 13.7. The Morgan fingerprint density at radius 2 is 2.00 bits per heavy atom. The maximum absolute atomic E-state index is 11.5. The fourth-order valence-corrected chi connectivity index (χ4v) is 2.89. The second kappa shape index (κ2) is 5.49. The predicted octanol–water partition coefficient (Wildman–Crippen LogP) is 4.30. The molecule has 0 amide bonds. The standard InChI is InChI=1S/C13H15BrClNO2/c14-10-8-9(4-5-11(10)15)16-13(12(17)18)6-2-1-3-7-13/h4-5,8,16H,1-3,6-7H2,(H,17,18). The smallest absolute Gasteiger partial charge is 0.329 e. The summed E-state index contributed by atoms with van der Waals surface area (Å²) in [6.07, 6.45) is 4.36. The average molecular weight is 333 g/mol. The summed E-state index contributed by atoms with van der Waals surface area (Å²) in [5, 5.41) is 13.3. The number of benzene rings is 1. The normalized spacial score (nSPS) is 18.3. The SMILES string of the molecule is O=C(O)C1(Nc2ccc(Cl)c(Br)c2)CCCCC1. The Hall–Kier alpha value is -0.740. The van der Waals surface area contributed by atoms with Crippen LogP contribution in [-0.2, 0) is 4.79 Å². The number of anilines is 1. The highest BCUT2D eigenvalue weighted by molar-refractivity contribution is 9.10. The van der Waals surface area contributed by atoms with E-state index in [9.17, 15) is 9.90 Å². The molecule has 3 nitrogen and oxygen atoms in total. The predicted molar refractivity (Wildman–Crippen MR) is 76.2 cm³/mol. The van der Waals surface area contributed by atoms with Gasteiger partial charge in [-0.1, -0.05) is 30.9 Å². The zero-order valence-corrected chi connectivity index (χ0v) is 12.2. The lowest BCUT2D eigenvalue weighted by Gasteiger charge is -2.35. The van der Waals surface area contributed by atoms with Crippen LogP contribution in [0.1, 0.15) is 32.1 Å². The number of carboxylic acids is 1. The van der Waals surface area contributed by atoms with E-state index in [0.717, 1.165) is 29.4 Å². The summed E-state index contributed by atoms with van der Waals surface area (Å²) < 4.78 is 0.769. The largest absolute Gasteiger partial charge is 0.480 e. The summed E-state index contributed by atoms with van der Waals surface area (Å²) in [5.41, 5.74) is -0.0403. The van der Waals surface area contributed by atoms with Crippen molar-refractivity contribution < 1.29 is 9.90 Å². The van der Waals surface area contributed by atoms with Crippen molar-refractivity contribution in [1.29, 1.82) is 0 Å². The summed E-state index contributed by atoms with van der Waals surface area (Å²) in [6.45, 7) is 0. The van der Waals surface area contributed by atoms with Crippen LogP contribution < -0.4 is 5.32 Å². The van der Waals surface area contributed by atoms with Gasteiger partial charge >= 0.3 is 5.97 Å². The highest BCUT2D eigenvalue weighted by atomic mass is 79.9. The second-order valence-corrected chi connectivity index (χ2v) is 5.96. The molecule has 1 aromatic rings. The molecule has 0 aliphatic heterocycles. The molecule has 0 atom stereocenters. The average Bonchev–Trinajstić information content (AvgIpc) is 2.35. The van der Waals surface area contributed by atoms with E-state index < -0.39 is 11.5 Å². The molecule has 98 valence electrons. The third kappa shape index (κ3) is 2.81. The van der Waals surface area contributed by atoms with Crippen LogP contribution in [-0.4, -0.2) is 16.6 Å². The zero-order valence-electron chi connectivity index (χ0n) is 9.88. The van der Waals surface area contributed by atoms with Crippen molar-refractivity contribution in [2.45, 2.75) is 37.6 Å². The summed E-state index contributed by atoms with van der Waals surface area (Å²) in [7, 11) is 0. The number of rotatable bonds is 3. The van der Waals surface area contributed by atoms with Crippen molar-refractivity contribution >= 4 is 39.2 Å². The summed E-state index contributed by atoms with van der Waals surface area (Å²) in [6, 6.07) is 5.39. The van der Waals surface area contributed by atoms with Gasteiger partial charge in [-0.05, 0) is 47.0 Å². The molecule has 0 unspecified atom stereocenters. The molecule has 2 N–H and O–H groups in total. The van der Waals surface area contributed by atoms with Gasteiger partial charge < -0.3 is 10.4 Å². The molecule has 0 spiro atoms. The van der Waals surface area contributed by atoms with Gasteiger partial charge in [-0.3, -0.25) is 0 Å². The maximum atomic E-state index is 11.5. The molecule has 0 saturated heterocycles. The molecule has 1 aromatic carbocycles. The number of aliphatic carboxylic acids is 1. The zero-order chi connectivity index (χ0) is 13.2. The van der Waals surface area contributed by atoms with Crippen LogP contribution in [0, 0.1) is 0 Å². The van der Waals surface area contributed by atoms with Gasteiger partial charge in [-0.15, -0.1) is 0 Å². The van der Waals surface area contributed by atoms with E-state index in [1.165, 1.54) is 0 Å². The van der Waals surface area contributed by atoms with Gasteiger partial charge in [0.2, 0.25) is 0 Å². The topological polar surface area (TPSA) is 49.3 Å².